The quantitative estimate of drug-likeness (QED) is 0.673. The summed E-state index contributed by atoms with van der Waals surface area (Å²) in [6, 6.07) is 13.3. The number of rotatable bonds is 8. The SMILES string of the molecule is COc1ccc(C(O)CCC(=O)Nc2ccc(N3CCC(C)CC3)cc2)c(OC)c1. The van der Waals surface area contributed by atoms with Gasteiger partial charge < -0.3 is 24.8 Å². The second-order valence-electron chi connectivity index (χ2n) is 7.93. The van der Waals surface area contributed by atoms with Gasteiger partial charge >= 0.3 is 0 Å². The number of ether oxygens (including phenoxy) is 2. The Morgan fingerprint density at radius 3 is 2.47 bits per heavy atom. The lowest BCUT2D eigenvalue weighted by molar-refractivity contribution is -0.116. The molecule has 1 saturated heterocycles. The smallest absolute Gasteiger partial charge is 0.224 e. The molecule has 1 aliphatic rings. The van der Waals surface area contributed by atoms with Crippen molar-refractivity contribution < 1.29 is 19.4 Å². The van der Waals surface area contributed by atoms with Crippen LogP contribution < -0.4 is 19.7 Å². The summed E-state index contributed by atoms with van der Waals surface area (Å²) in [5.74, 6) is 1.88. The first kappa shape index (κ1) is 22.0. The maximum atomic E-state index is 12.3. The molecule has 0 bridgehead atoms. The molecular weight excluding hydrogens is 380 g/mol. The molecule has 2 N–H and O–H groups in total. The summed E-state index contributed by atoms with van der Waals surface area (Å²) in [6.45, 7) is 4.47. The van der Waals surface area contributed by atoms with E-state index < -0.39 is 6.10 Å². The summed E-state index contributed by atoms with van der Waals surface area (Å²) in [6.07, 6.45) is 2.17. The monoisotopic (exact) mass is 412 g/mol. The van der Waals surface area contributed by atoms with Crippen LogP contribution in [0.5, 0.6) is 11.5 Å². The summed E-state index contributed by atoms with van der Waals surface area (Å²) < 4.78 is 10.5. The first-order valence-electron chi connectivity index (χ1n) is 10.5. The Bertz CT molecular complexity index is 830. The molecule has 1 unspecified atom stereocenters. The number of nitrogens with zero attached hydrogens (tertiary/aromatic N) is 1. The van der Waals surface area contributed by atoms with E-state index in [1.54, 1.807) is 32.4 Å². The lowest BCUT2D eigenvalue weighted by atomic mass is 9.99. The van der Waals surface area contributed by atoms with Crippen LogP contribution in [-0.4, -0.2) is 38.3 Å². The molecule has 6 nitrogen and oxygen atoms in total. The molecule has 2 aromatic rings. The fraction of sp³-hybridized carbons (Fsp3) is 0.458. The predicted molar refractivity (Wildman–Crippen MR) is 119 cm³/mol. The minimum atomic E-state index is -0.791. The van der Waals surface area contributed by atoms with Crippen molar-refractivity contribution in [2.75, 3.05) is 37.5 Å². The number of carbonyl (C=O) groups excluding carboxylic acids is 1. The van der Waals surface area contributed by atoms with Crippen molar-refractivity contribution in [1.82, 2.24) is 0 Å². The second-order valence-corrected chi connectivity index (χ2v) is 7.93. The minimum Gasteiger partial charge on any atom is -0.497 e. The fourth-order valence-electron chi connectivity index (χ4n) is 3.76. The van der Waals surface area contributed by atoms with Crippen molar-refractivity contribution >= 4 is 17.3 Å². The van der Waals surface area contributed by atoms with E-state index in [-0.39, 0.29) is 12.3 Å². The molecule has 1 heterocycles. The van der Waals surface area contributed by atoms with Gasteiger partial charge in [-0.05, 0) is 61.6 Å². The van der Waals surface area contributed by atoms with Crippen molar-refractivity contribution in [2.45, 2.75) is 38.7 Å². The third-order valence-corrected chi connectivity index (χ3v) is 5.74. The van der Waals surface area contributed by atoms with Crippen LogP contribution in [-0.2, 0) is 4.79 Å². The van der Waals surface area contributed by atoms with Crippen LogP contribution in [0.25, 0.3) is 0 Å². The first-order valence-corrected chi connectivity index (χ1v) is 10.5. The summed E-state index contributed by atoms with van der Waals surface area (Å²) in [4.78, 5) is 14.7. The number of carbonyl (C=O) groups is 1. The highest BCUT2D eigenvalue weighted by Gasteiger charge is 2.17. The summed E-state index contributed by atoms with van der Waals surface area (Å²) in [5.41, 5.74) is 2.61. The van der Waals surface area contributed by atoms with Crippen LogP contribution in [0.15, 0.2) is 42.5 Å². The largest absolute Gasteiger partial charge is 0.497 e. The molecule has 6 heteroatoms. The predicted octanol–water partition coefficient (Wildman–Crippen LogP) is 4.39. The van der Waals surface area contributed by atoms with Gasteiger partial charge in [-0.3, -0.25) is 4.79 Å². The number of aliphatic hydroxyl groups excluding tert-OH is 1. The molecule has 1 atom stereocenters. The van der Waals surface area contributed by atoms with Gasteiger partial charge in [-0.15, -0.1) is 0 Å². The van der Waals surface area contributed by atoms with E-state index in [2.05, 4.69) is 29.3 Å². The van der Waals surface area contributed by atoms with Crippen LogP contribution >= 0.6 is 0 Å². The van der Waals surface area contributed by atoms with E-state index in [1.165, 1.54) is 18.5 Å². The van der Waals surface area contributed by atoms with Gasteiger partial charge in [0.15, 0.2) is 0 Å². The van der Waals surface area contributed by atoms with E-state index in [9.17, 15) is 9.90 Å². The molecule has 2 aromatic carbocycles. The Balaban J connectivity index is 1.51. The van der Waals surface area contributed by atoms with Crippen molar-refractivity contribution in [3.8, 4) is 11.5 Å². The zero-order chi connectivity index (χ0) is 21.5. The van der Waals surface area contributed by atoms with Gasteiger partial charge in [0.2, 0.25) is 5.91 Å². The van der Waals surface area contributed by atoms with Gasteiger partial charge in [-0.25, -0.2) is 0 Å². The number of aliphatic hydroxyl groups is 1. The number of amides is 1. The summed E-state index contributed by atoms with van der Waals surface area (Å²) in [7, 11) is 3.13. The lowest BCUT2D eigenvalue weighted by Gasteiger charge is -2.32. The van der Waals surface area contributed by atoms with Crippen molar-refractivity contribution in [3.05, 3.63) is 48.0 Å². The standard InChI is InChI=1S/C24H32N2O4/c1-17-12-14-26(15-13-17)19-6-4-18(5-7-19)25-24(28)11-10-22(27)21-9-8-20(29-2)16-23(21)30-3/h4-9,16-17,22,27H,10-15H2,1-3H3,(H,25,28). The Hall–Kier alpha value is -2.73. The first-order chi connectivity index (χ1) is 14.5. The van der Waals surface area contributed by atoms with Crippen molar-refractivity contribution in [3.63, 3.8) is 0 Å². The van der Waals surface area contributed by atoms with Gasteiger partial charge in [-0.1, -0.05) is 6.92 Å². The summed E-state index contributed by atoms with van der Waals surface area (Å²) in [5, 5.41) is 13.4. The van der Waals surface area contributed by atoms with Crippen LogP contribution in [0.3, 0.4) is 0 Å². The van der Waals surface area contributed by atoms with E-state index in [0.717, 1.165) is 24.7 Å². The van der Waals surface area contributed by atoms with Crippen molar-refractivity contribution in [1.29, 1.82) is 0 Å². The van der Waals surface area contributed by atoms with E-state index in [4.69, 9.17) is 9.47 Å². The van der Waals surface area contributed by atoms with Crippen molar-refractivity contribution in [2.24, 2.45) is 5.92 Å². The Labute approximate surface area is 178 Å². The van der Waals surface area contributed by atoms with Gasteiger partial charge in [0.05, 0.1) is 20.3 Å². The Kier molecular flexibility index (Phi) is 7.57. The average Bonchev–Trinajstić information content (AvgIpc) is 2.78. The molecule has 30 heavy (non-hydrogen) atoms. The van der Waals surface area contributed by atoms with E-state index in [0.29, 0.717) is 23.5 Å². The maximum Gasteiger partial charge on any atom is 0.224 e. The van der Waals surface area contributed by atoms with Crippen LogP contribution in [0.4, 0.5) is 11.4 Å². The van der Waals surface area contributed by atoms with Crippen LogP contribution in [0.2, 0.25) is 0 Å². The molecule has 0 radical (unpaired) electrons. The highest BCUT2D eigenvalue weighted by molar-refractivity contribution is 5.90. The number of benzene rings is 2. The van der Waals surface area contributed by atoms with Gasteiger partial charge in [0.1, 0.15) is 11.5 Å². The lowest BCUT2D eigenvalue weighted by Crippen LogP contribution is -2.32. The van der Waals surface area contributed by atoms with E-state index >= 15 is 0 Å². The highest BCUT2D eigenvalue weighted by atomic mass is 16.5. The second kappa shape index (κ2) is 10.3. The average molecular weight is 413 g/mol. The molecule has 162 valence electrons. The molecule has 0 spiro atoms. The van der Waals surface area contributed by atoms with Crippen LogP contribution in [0, 0.1) is 5.92 Å². The molecule has 1 fully saturated rings. The number of methoxy groups -OCH3 is 2. The van der Waals surface area contributed by atoms with Gasteiger partial charge in [0, 0.05) is 42.5 Å². The molecule has 1 amide bonds. The molecule has 0 aromatic heterocycles. The molecule has 1 aliphatic heterocycles. The fourth-order valence-corrected chi connectivity index (χ4v) is 3.76. The molecular formula is C24H32N2O4. The number of anilines is 2. The van der Waals surface area contributed by atoms with Gasteiger partial charge in [0.25, 0.3) is 0 Å². The third kappa shape index (κ3) is 5.66. The van der Waals surface area contributed by atoms with Crippen LogP contribution in [0.1, 0.15) is 44.3 Å². The normalized spacial score (nSPS) is 15.5. The van der Waals surface area contributed by atoms with E-state index in [1.807, 2.05) is 12.1 Å². The number of hydrogen-bond acceptors (Lipinski definition) is 5. The number of hydrogen-bond donors (Lipinski definition) is 2. The Morgan fingerprint density at radius 2 is 1.83 bits per heavy atom. The maximum absolute atomic E-state index is 12.3. The minimum absolute atomic E-state index is 0.124. The topological polar surface area (TPSA) is 71.0 Å². The highest BCUT2D eigenvalue weighted by Crippen LogP contribution is 2.31. The number of piperidine rings is 1. The molecule has 0 saturated carbocycles. The zero-order valence-corrected chi connectivity index (χ0v) is 18.1. The summed E-state index contributed by atoms with van der Waals surface area (Å²) >= 11 is 0. The van der Waals surface area contributed by atoms with Gasteiger partial charge in [-0.2, -0.15) is 0 Å². The Morgan fingerprint density at radius 1 is 1.13 bits per heavy atom. The third-order valence-electron chi connectivity index (χ3n) is 5.74. The number of nitrogens with one attached hydrogen (secondary N) is 1. The molecule has 0 aliphatic carbocycles. The zero-order valence-electron chi connectivity index (χ0n) is 18.1. The molecule has 3 rings (SSSR count).